The molecule has 0 saturated carbocycles. The summed E-state index contributed by atoms with van der Waals surface area (Å²) in [6.07, 6.45) is 0.886. The van der Waals surface area contributed by atoms with Gasteiger partial charge in [-0.3, -0.25) is 19.0 Å². The number of carboxylic acid groups (broad SMARTS) is 1. The highest BCUT2D eigenvalue weighted by molar-refractivity contribution is 7.16. The number of aromatic nitrogens is 1. The van der Waals surface area contributed by atoms with Crippen LogP contribution >= 0.6 is 34.5 Å². The second-order valence-electron chi connectivity index (χ2n) is 8.59. The smallest absolute Gasteiger partial charge is 0.323 e. The Kier molecular flexibility index (Phi) is 8.53. The van der Waals surface area contributed by atoms with Gasteiger partial charge in [0.2, 0.25) is 0 Å². The number of aliphatic carboxylic acids is 1. The first-order valence-corrected chi connectivity index (χ1v) is 12.9. The lowest BCUT2D eigenvalue weighted by molar-refractivity contribution is -0.137. The SMILES string of the molecule is O=C(O)Cn1c(=O)sc2cc(C(=O)NC[C@@H](O)CN3CCC(Oc4ccc(Cl)c(Cl)c4)CC3)ccc21. The number of fused-ring (bicyclic) bond motifs is 1. The van der Waals surface area contributed by atoms with Crippen LogP contribution in [0.15, 0.2) is 41.2 Å². The van der Waals surface area contributed by atoms with Gasteiger partial charge in [-0.05, 0) is 43.2 Å². The highest BCUT2D eigenvalue weighted by atomic mass is 35.5. The second kappa shape index (κ2) is 11.6. The molecule has 192 valence electrons. The zero-order valence-electron chi connectivity index (χ0n) is 19.2. The Hall–Kier alpha value is -2.63. The first-order valence-electron chi connectivity index (χ1n) is 11.3. The van der Waals surface area contributed by atoms with Crippen molar-refractivity contribution in [3.05, 3.63) is 61.7 Å². The number of hydrogen-bond acceptors (Lipinski definition) is 7. The molecular formula is C24H25Cl2N3O6S. The van der Waals surface area contributed by atoms with Gasteiger partial charge in [0.25, 0.3) is 5.91 Å². The van der Waals surface area contributed by atoms with E-state index in [1.165, 1.54) is 6.07 Å². The van der Waals surface area contributed by atoms with Crippen molar-refractivity contribution >= 4 is 56.6 Å². The zero-order chi connectivity index (χ0) is 25.8. The fourth-order valence-corrected chi connectivity index (χ4v) is 5.34. The number of halogens is 2. The summed E-state index contributed by atoms with van der Waals surface area (Å²) in [5, 5.41) is 23.1. The molecular weight excluding hydrogens is 529 g/mol. The Morgan fingerprint density at radius 1 is 1.14 bits per heavy atom. The molecule has 1 atom stereocenters. The molecule has 1 aliphatic rings. The molecule has 3 aromatic rings. The van der Waals surface area contributed by atoms with Crippen LogP contribution in [0.25, 0.3) is 10.2 Å². The number of β-amino-alcohol motifs (C(OH)–C–C–N with tert-alkyl or cyclic N) is 1. The monoisotopic (exact) mass is 553 g/mol. The lowest BCUT2D eigenvalue weighted by Crippen LogP contribution is -2.45. The van der Waals surface area contributed by atoms with Crippen LogP contribution in [0, 0.1) is 0 Å². The third kappa shape index (κ3) is 6.57. The van der Waals surface area contributed by atoms with Crippen LogP contribution in [0.2, 0.25) is 10.0 Å². The zero-order valence-corrected chi connectivity index (χ0v) is 21.5. The van der Waals surface area contributed by atoms with E-state index in [1.54, 1.807) is 30.3 Å². The molecule has 0 unspecified atom stereocenters. The van der Waals surface area contributed by atoms with Crippen molar-refractivity contribution in [3.8, 4) is 5.75 Å². The van der Waals surface area contributed by atoms with Gasteiger partial charge in [-0.2, -0.15) is 0 Å². The van der Waals surface area contributed by atoms with Crippen molar-refractivity contribution in [2.45, 2.75) is 31.6 Å². The van der Waals surface area contributed by atoms with Gasteiger partial charge in [-0.1, -0.05) is 34.5 Å². The summed E-state index contributed by atoms with van der Waals surface area (Å²) in [7, 11) is 0. The van der Waals surface area contributed by atoms with Gasteiger partial charge in [-0.15, -0.1) is 0 Å². The minimum Gasteiger partial charge on any atom is -0.490 e. The standard InChI is InChI=1S/C24H25Cl2N3O6S/c25-18-3-2-17(10-19(18)26)35-16-5-7-28(8-6-16)12-15(30)11-27-23(33)14-1-4-20-21(9-14)36-24(34)29(20)13-22(31)32/h1-4,9-10,15-16,30H,5-8,11-13H2,(H,27,33)(H,31,32)/t15-/m1/s1. The van der Waals surface area contributed by atoms with Gasteiger partial charge >= 0.3 is 10.8 Å². The number of carboxylic acids is 1. The number of nitrogens with zero attached hydrogens (tertiary/aromatic N) is 2. The van der Waals surface area contributed by atoms with Crippen molar-refractivity contribution in [2.75, 3.05) is 26.2 Å². The molecule has 1 aromatic heterocycles. The summed E-state index contributed by atoms with van der Waals surface area (Å²) < 4.78 is 7.68. The maximum Gasteiger partial charge on any atom is 0.323 e. The van der Waals surface area contributed by atoms with Crippen LogP contribution in [0.5, 0.6) is 5.75 Å². The second-order valence-corrected chi connectivity index (χ2v) is 10.4. The summed E-state index contributed by atoms with van der Waals surface area (Å²) in [6, 6.07) is 9.84. The fraction of sp³-hybridized carbons (Fsp3) is 0.375. The lowest BCUT2D eigenvalue weighted by Gasteiger charge is -2.33. The third-order valence-electron chi connectivity index (χ3n) is 5.92. The number of aliphatic hydroxyl groups is 1. The molecule has 1 amide bonds. The van der Waals surface area contributed by atoms with Crippen LogP contribution in [0.3, 0.4) is 0 Å². The highest BCUT2D eigenvalue weighted by Crippen LogP contribution is 2.28. The van der Waals surface area contributed by atoms with Gasteiger partial charge in [0.15, 0.2) is 0 Å². The Balaban J connectivity index is 1.23. The average molecular weight is 554 g/mol. The van der Waals surface area contributed by atoms with Crippen molar-refractivity contribution in [1.29, 1.82) is 0 Å². The maximum absolute atomic E-state index is 12.6. The minimum atomic E-state index is -1.11. The van der Waals surface area contributed by atoms with Crippen LogP contribution in [-0.4, -0.2) is 69.9 Å². The molecule has 3 N–H and O–H groups in total. The van der Waals surface area contributed by atoms with E-state index in [1.807, 2.05) is 0 Å². The van der Waals surface area contributed by atoms with Crippen molar-refractivity contribution in [2.24, 2.45) is 0 Å². The molecule has 0 bridgehead atoms. The summed E-state index contributed by atoms with van der Waals surface area (Å²) in [6.45, 7) is 1.56. The molecule has 0 spiro atoms. The fourth-order valence-electron chi connectivity index (χ4n) is 4.12. The molecule has 0 aliphatic carbocycles. The topological polar surface area (TPSA) is 121 Å². The number of ether oxygens (including phenoxy) is 1. The molecule has 2 aromatic carbocycles. The summed E-state index contributed by atoms with van der Waals surface area (Å²) in [5.74, 6) is -0.819. The average Bonchev–Trinajstić information content (AvgIpc) is 3.14. The molecule has 1 aliphatic heterocycles. The first-order chi connectivity index (χ1) is 17.2. The number of piperidine rings is 1. The normalized spacial score (nSPS) is 15.6. The van der Waals surface area contributed by atoms with E-state index < -0.39 is 23.5 Å². The van der Waals surface area contributed by atoms with Gasteiger partial charge in [0.05, 0.1) is 26.4 Å². The van der Waals surface area contributed by atoms with E-state index in [-0.39, 0.29) is 18.6 Å². The highest BCUT2D eigenvalue weighted by Gasteiger charge is 2.23. The van der Waals surface area contributed by atoms with Crippen molar-refractivity contribution in [3.63, 3.8) is 0 Å². The van der Waals surface area contributed by atoms with Crippen molar-refractivity contribution in [1.82, 2.24) is 14.8 Å². The summed E-state index contributed by atoms with van der Waals surface area (Å²) in [4.78, 5) is 37.3. The molecule has 0 radical (unpaired) electrons. The third-order valence-corrected chi connectivity index (χ3v) is 7.60. The van der Waals surface area contributed by atoms with E-state index in [2.05, 4.69) is 10.2 Å². The number of carbonyl (C=O) groups is 2. The van der Waals surface area contributed by atoms with Crippen LogP contribution < -0.4 is 14.9 Å². The van der Waals surface area contributed by atoms with E-state index in [0.717, 1.165) is 41.8 Å². The number of amides is 1. The van der Waals surface area contributed by atoms with E-state index in [4.69, 9.17) is 33.0 Å². The Morgan fingerprint density at radius 3 is 2.58 bits per heavy atom. The van der Waals surface area contributed by atoms with Crippen LogP contribution in [0.1, 0.15) is 23.2 Å². The maximum atomic E-state index is 12.6. The quantitative estimate of drug-likeness (QED) is 0.372. The molecule has 1 fully saturated rings. The number of aliphatic hydroxyl groups excluding tert-OH is 1. The number of benzene rings is 2. The van der Waals surface area contributed by atoms with Crippen molar-refractivity contribution < 1.29 is 24.5 Å². The summed E-state index contributed by atoms with van der Waals surface area (Å²) in [5.41, 5.74) is 0.800. The van der Waals surface area contributed by atoms with Gasteiger partial charge in [0, 0.05) is 37.8 Å². The Bertz CT molecular complexity index is 1320. The van der Waals surface area contributed by atoms with Gasteiger partial charge in [0.1, 0.15) is 18.4 Å². The molecule has 4 rings (SSSR count). The number of nitrogens with one attached hydrogen (secondary N) is 1. The summed E-state index contributed by atoms with van der Waals surface area (Å²) >= 11 is 12.9. The Labute approximate surface area is 220 Å². The number of rotatable bonds is 9. The van der Waals surface area contributed by atoms with E-state index >= 15 is 0 Å². The minimum absolute atomic E-state index is 0.0475. The molecule has 9 nitrogen and oxygen atoms in total. The number of carbonyl (C=O) groups excluding carboxylic acids is 1. The molecule has 1 saturated heterocycles. The number of likely N-dealkylation sites (tertiary alicyclic amines) is 1. The largest absolute Gasteiger partial charge is 0.490 e. The molecule has 2 heterocycles. The van der Waals surface area contributed by atoms with Gasteiger partial charge < -0.3 is 25.2 Å². The molecule has 36 heavy (non-hydrogen) atoms. The van der Waals surface area contributed by atoms with Gasteiger partial charge in [-0.25, -0.2) is 0 Å². The predicted molar refractivity (Wildman–Crippen MR) is 139 cm³/mol. The first kappa shape index (κ1) is 26.4. The van der Waals surface area contributed by atoms with E-state index in [9.17, 15) is 19.5 Å². The molecule has 12 heteroatoms. The number of thiazole rings is 1. The Morgan fingerprint density at radius 2 is 1.89 bits per heavy atom. The van der Waals surface area contributed by atoms with E-state index in [0.29, 0.717) is 38.1 Å². The van der Waals surface area contributed by atoms with Crippen LogP contribution in [0.4, 0.5) is 0 Å². The van der Waals surface area contributed by atoms with Crippen LogP contribution in [-0.2, 0) is 11.3 Å². The lowest BCUT2D eigenvalue weighted by atomic mass is 10.1. The number of hydrogen-bond donors (Lipinski definition) is 3. The predicted octanol–water partition coefficient (Wildman–Crippen LogP) is 3.09.